The Balaban J connectivity index is 2.07. The van der Waals surface area contributed by atoms with Crippen molar-refractivity contribution in [2.45, 2.75) is 6.04 Å². The third kappa shape index (κ3) is 1.78. The molecule has 0 spiro atoms. The molecule has 18 heavy (non-hydrogen) atoms. The molecule has 0 amide bonds. The van der Waals surface area contributed by atoms with E-state index in [9.17, 15) is 4.79 Å². The fourth-order valence-electron chi connectivity index (χ4n) is 1.99. The zero-order valence-corrected chi connectivity index (χ0v) is 10.6. The molecule has 0 bridgehead atoms. The van der Waals surface area contributed by atoms with Gasteiger partial charge in [-0.3, -0.25) is 4.79 Å². The van der Waals surface area contributed by atoms with Gasteiger partial charge in [-0.2, -0.15) is 0 Å². The zero-order valence-electron chi connectivity index (χ0n) is 9.14. The predicted molar refractivity (Wildman–Crippen MR) is 67.6 cm³/mol. The smallest absolute Gasteiger partial charge is 0.194 e. The first-order valence-corrected chi connectivity index (χ1v) is 6.06. The summed E-state index contributed by atoms with van der Waals surface area (Å²) in [6.07, 6.45) is 4.92. The number of nitrogens with zero attached hydrogens (tertiary/aromatic N) is 2. The van der Waals surface area contributed by atoms with Gasteiger partial charge in [-0.1, -0.05) is 23.2 Å². The number of carbonyl (C=O) groups is 1. The second-order valence-electron chi connectivity index (χ2n) is 3.96. The van der Waals surface area contributed by atoms with E-state index in [1.54, 1.807) is 35.4 Å². The van der Waals surface area contributed by atoms with Crippen LogP contribution in [0.25, 0.3) is 0 Å². The number of ketones is 1. The standard InChI is InChI=1S/C12H8Cl2N2O2/c13-7-3-8(14)11-10(4-7)18-5-9(12(11)17)16-2-1-15-6-16/h1-4,6,9H,5H2/t9-/m0/s1. The minimum Gasteiger partial charge on any atom is -0.490 e. The number of aromatic nitrogens is 2. The van der Waals surface area contributed by atoms with Crippen LogP contribution in [-0.2, 0) is 0 Å². The van der Waals surface area contributed by atoms with E-state index in [-0.39, 0.29) is 12.4 Å². The summed E-state index contributed by atoms with van der Waals surface area (Å²) in [5, 5.41) is 0.764. The predicted octanol–water partition coefficient (Wildman–Crippen LogP) is 3.01. The van der Waals surface area contributed by atoms with Crippen LogP contribution in [0.3, 0.4) is 0 Å². The van der Waals surface area contributed by atoms with E-state index in [1.807, 2.05) is 0 Å². The minimum atomic E-state index is -0.432. The van der Waals surface area contributed by atoms with Crippen LogP contribution in [0, 0.1) is 0 Å². The van der Waals surface area contributed by atoms with E-state index in [0.29, 0.717) is 21.4 Å². The number of hydrogen-bond acceptors (Lipinski definition) is 3. The molecule has 0 radical (unpaired) electrons. The summed E-state index contributed by atoms with van der Waals surface area (Å²) in [6, 6.07) is 2.71. The van der Waals surface area contributed by atoms with Gasteiger partial charge in [0.15, 0.2) is 5.78 Å². The lowest BCUT2D eigenvalue weighted by atomic mass is 10.0. The third-order valence-electron chi connectivity index (χ3n) is 2.85. The molecule has 0 aliphatic carbocycles. The Bertz CT molecular complexity index is 611. The van der Waals surface area contributed by atoms with E-state index in [1.165, 1.54) is 0 Å². The van der Waals surface area contributed by atoms with Crippen molar-refractivity contribution >= 4 is 29.0 Å². The van der Waals surface area contributed by atoms with Crippen LogP contribution in [0.5, 0.6) is 5.75 Å². The maximum Gasteiger partial charge on any atom is 0.194 e. The number of hydrogen-bond donors (Lipinski definition) is 0. The highest BCUT2D eigenvalue weighted by Gasteiger charge is 2.32. The first-order valence-electron chi connectivity index (χ1n) is 5.30. The number of Topliss-reactive ketones (excluding diaryl/α,β-unsaturated/α-hetero) is 1. The average Bonchev–Trinajstić information content (AvgIpc) is 2.81. The van der Waals surface area contributed by atoms with Crippen LogP contribution in [0.1, 0.15) is 16.4 Å². The number of carbonyl (C=O) groups excluding carboxylic acids is 1. The van der Waals surface area contributed by atoms with Gasteiger partial charge < -0.3 is 9.30 Å². The highest BCUT2D eigenvalue weighted by Crippen LogP contribution is 2.37. The topological polar surface area (TPSA) is 44.1 Å². The van der Waals surface area contributed by atoms with Crippen LogP contribution in [0.4, 0.5) is 0 Å². The molecule has 1 aliphatic rings. The van der Waals surface area contributed by atoms with Gasteiger partial charge in [0.25, 0.3) is 0 Å². The third-order valence-corrected chi connectivity index (χ3v) is 3.37. The van der Waals surface area contributed by atoms with E-state index in [4.69, 9.17) is 27.9 Å². The highest BCUT2D eigenvalue weighted by atomic mass is 35.5. The molecule has 0 saturated heterocycles. The fourth-order valence-corrected chi connectivity index (χ4v) is 2.56. The van der Waals surface area contributed by atoms with Gasteiger partial charge in [-0.25, -0.2) is 4.98 Å². The lowest BCUT2D eigenvalue weighted by molar-refractivity contribution is 0.0841. The summed E-state index contributed by atoms with van der Waals surface area (Å²) in [5.74, 6) is 0.352. The molecule has 2 heterocycles. The number of ether oxygens (including phenoxy) is 1. The maximum absolute atomic E-state index is 12.4. The van der Waals surface area contributed by atoms with Gasteiger partial charge in [0.1, 0.15) is 18.4 Å². The summed E-state index contributed by atoms with van der Waals surface area (Å²) in [5.41, 5.74) is 0.381. The molecule has 0 N–H and O–H groups in total. The molecule has 1 aromatic heterocycles. The van der Waals surface area contributed by atoms with Gasteiger partial charge in [0.2, 0.25) is 0 Å². The Morgan fingerprint density at radius 2 is 2.22 bits per heavy atom. The zero-order chi connectivity index (χ0) is 12.7. The summed E-state index contributed by atoms with van der Waals surface area (Å²) in [4.78, 5) is 16.3. The second-order valence-corrected chi connectivity index (χ2v) is 4.81. The van der Waals surface area contributed by atoms with Crippen LogP contribution >= 0.6 is 23.2 Å². The molecule has 0 saturated carbocycles. The van der Waals surface area contributed by atoms with Crippen molar-refractivity contribution < 1.29 is 9.53 Å². The first kappa shape index (κ1) is 11.6. The number of rotatable bonds is 1. The highest BCUT2D eigenvalue weighted by molar-refractivity contribution is 6.37. The SMILES string of the molecule is O=C1c2c(Cl)cc(Cl)cc2OC[C@@H]1n1ccnc1. The van der Waals surface area contributed by atoms with Gasteiger partial charge >= 0.3 is 0 Å². The van der Waals surface area contributed by atoms with Crippen molar-refractivity contribution in [3.8, 4) is 5.75 Å². The number of fused-ring (bicyclic) bond motifs is 1. The van der Waals surface area contributed by atoms with Crippen molar-refractivity contribution in [1.82, 2.24) is 9.55 Å². The molecule has 1 aliphatic heterocycles. The molecule has 1 atom stereocenters. The number of imidazole rings is 1. The minimum absolute atomic E-state index is 0.0871. The van der Waals surface area contributed by atoms with Crippen LogP contribution < -0.4 is 4.74 Å². The average molecular weight is 283 g/mol. The molecule has 0 unspecified atom stereocenters. The molecule has 1 aromatic carbocycles. The Kier molecular flexibility index (Phi) is 2.76. The monoisotopic (exact) mass is 282 g/mol. The number of halogens is 2. The molecule has 2 aromatic rings. The van der Waals surface area contributed by atoms with E-state index in [0.717, 1.165) is 0 Å². The fraction of sp³-hybridized carbons (Fsp3) is 0.167. The summed E-state index contributed by atoms with van der Waals surface area (Å²) < 4.78 is 7.26. The van der Waals surface area contributed by atoms with Crippen molar-refractivity contribution in [3.05, 3.63) is 46.5 Å². The molecular weight excluding hydrogens is 275 g/mol. The molecule has 6 heteroatoms. The van der Waals surface area contributed by atoms with Crippen molar-refractivity contribution in [1.29, 1.82) is 0 Å². The second kappa shape index (κ2) is 4.30. The lowest BCUT2D eigenvalue weighted by Gasteiger charge is -2.25. The summed E-state index contributed by atoms with van der Waals surface area (Å²) in [7, 11) is 0. The quantitative estimate of drug-likeness (QED) is 0.808. The first-order chi connectivity index (χ1) is 8.66. The van der Waals surface area contributed by atoms with E-state index in [2.05, 4.69) is 4.98 Å². The van der Waals surface area contributed by atoms with Crippen LogP contribution in [-0.4, -0.2) is 21.9 Å². The Morgan fingerprint density at radius 1 is 1.39 bits per heavy atom. The van der Waals surface area contributed by atoms with Crippen LogP contribution in [0.15, 0.2) is 30.9 Å². The van der Waals surface area contributed by atoms with E-state index < -0.39 is 6.04 Å². The largest absolute Gasteiger partial charge is 0.490 e. The summed E-state index contributed by atoms with van der Waals surface area (Å²) >= 11 is 11.9. The Hall–Kier alpha value is -1.52. The molecule has 3 rings (SSSR count). The Morgan fingerprint density at radius 3 is 2.94 bits per heavy atom. The van der Waals surface area contributed by atoms with Crippen LogP contribution in [0.2, 0.25) is 10.0 Å². The molecule has 4 nitrogen and oxygen atoms in total. The maximum atomic E-state index is 12.4. The van der Waals surface area contributed by atoms with Crippen molar-refractivity contribution in [3.63, 3.8) is 0 Å². The van der Waals surface area contributed by atoms with E-state index >= 15 is 0 Å². The van der Waals surface area contributed by atoms with Crippen molar-refractivity contribution in [2.24, 2.45) is 0 Å². The summed E-state index contributed by atoms with van der Waals surface area (Å²) in [6.45, 7) is 0.249. The van der Waals surface area contributed by atoms with Gasteiger partial charge in [-0.05, 0) is 12.1 Å². The van der Waals surface area contributed by atoms with Crippen molar-refractivity contribution in [2.75, 3.05) is 6.61 Å². The number of benzene rings is 1. The normalized spacial score (nSPS) is 18.3. The van der Waals surface area contributed by atoms with Gasteiger partial charge in [-0.15, -0.1) is 0 Å². The lowest BCUT2D eigenvalue weighted by Crippen LogP contribution is -2.30. The molecular formula is C12H8Cl2N2O2. The molecule has 0 fully saturated rings. The van der Waals surface area contributed by atoms with Gasteiger partial charge in [0, 0.05) is 17.4 Å². The Labute approximate surface area is 113 Å². The van der Waals surface area contributed by atoms with Gasteiger partial charge in [0.05, 0.1) is 16.9 Å². The molecule has 92 valence electrons.